The van der Waals surface area contributed by atoms with E-state index in [0.717, 1.165) is 5.56 Å². The van der Waals surface area contributed by atoms with E-state index in [2.05, 4.69) is 0 Å². The molecule has 0 bridgehead atoms. The first-order valence-corrected chi connectivity index (χ1v) is 11.2. The lowest BCUT2D eigenvalue weighted by atomic mass is 9.91. The van der Waals surface area contributed by atoms with Gasteiger partial charge in [0.05, 0.1) is 18.7 Å². The molecule has 1 saturated heterocycles. The molecule has 3 aromatic carbocycles. The third kappa shape index (κ3) is 4.25. The van der Waals surface area contributed by atoms with Crippen LogP contribution in [0.15, 0.2) is 66.2 Å². The highest BCUT2D eigenvalue weighted by molar-refractivity contribution is 6.51. The number of Topliss-reactive ketones (excluding diaryl/α,β-unsaturated/α-hetero) is 1. The van der Waals surface area contributed by atoms with Gasteiger partial charge in [0.1, 0.15) is 23.1 Å². The maximum Gasteiger partial charge on any atom is 0.300 e. The number of halogens is 1. The third-order valence-corrected chi connectivity index (χ3v) is 6.21. The number of amides is 1. The first-order chi connectivity index (χ1) is 16.6. The highest BCUT2D eigenvalue weighted by Gasteiger charge is 2.47. The summed E-state index contributed by atoms with van der Waals surface area (Å²) in [4.78, 5) is 27.8. The molecule has 1 unspecified atom stereocenters. The Labute approximate surface area is 202 Å². The second-order valence-corrected chi connectivity index (χ2v) is 8.80. The molecule has 0 spiro atoms. The van der Waals surface area contributed by atoms with Crippen molar-refractivity contribution in [3.63, 3.8) is 0 Å². The highest BCUT2D eigenvalue weighted by atomic mass is 19.1. The Morgan fingerprint density at radius 2 is 1.66 bits per heavy atom. The van der Waals surface area contributed by atoms with Gasteiger partial charge in [-0.05, 0) is 78.1 Å². The predicted octanol–water partition coefficient (Wildman–Crippen LogP) is 5.60. The minimum absolute atomic E-state index is 0.0139. The Balaban J connectivity index is 1.98. The van der Waals surface area contributed by atoms with Crippen LogP contribution in [-0.2, 0) is 9.59 Å². The number of phenols is 1. The lowest BCUT2D eigenvalue weighted by molar-refractivity contribution is -0.132. The topological polar surface area (TPSA) is 87.1 Å². The van der Waals surface area contributed by atoms with Gasteiger partial charge < -0.3 is 14.9 Å². The second kappa shape index (κ2) is 9.25. The number of aliphatic hydroxyl groups excluding tert-OH is 1. The van der Waals surface area contributed by atoms with Gasteiger partial charge in [-0.3, -0.25) is 14.5 Å². The van der Waals surface area contributed by atoms with Crippen molar-refractivity contribution >= 4 is 23.1 Å². The summed E-state index contributed by atoms with van der Waals surface area (Å²) in [6.45, 7) is 5.76. The number of aliphatic hydroxyl groups is 1. The van der Waals surface area contributed by atoms with Gasteiger partial charge in [0.2, 0.25) is 0 Å². The van der Waals surface area contributed by atoms with Crippen molar-refractivity contribution in [3.05, 3.63) is 94.3 Å². The summed E-state index contributed by atoms with van der Waals surface area (Å²) in [5, 5.41) is 21.3. The Bertz CT molecular complexity index is 1330. The Morgan fingerprint density at radius 3 is 2.23 bits per heavy atom. The maximum atomic E-state index is 13.6. The summed E-state index contributed by atoms with van der Waals surface area (Å²) in [7, 11) is 1.57. The van der Waals surface area contributed by atoms with E-state index >= 15 is 0 Å². The summed E-state index contributed by atoms with van der Waals surface area (Å²) < 4.78 is 19.1. The lowest BCUT2D eigenvalue weighted by Gasteiger charge is -2.25. The summed E-state index contributed by atoms with van der Waals surface area (Å²) in [5.41, 5.74) is 2.64. The summed E-state index contributed by atoms with van der Waals surface area (Å²) >= 11 is 0. The number of carbonyl (C=O) groups excluding carboxylic acids is 2. The summed E-state index contributed by atoms with van der Waals surface area (Å²) in [6, 6.07) is 13.8. The normalized spacial score (nSPS) is 17.3. The molecule has 7 heteroatoms. The number of phenolic OH excluding ortho intramolecular Hbond substituents is 1. The van der Waals surface area contributed by atoms with E-state index in [4.69, 9.17) is 4.74 Å². The molecule has 1 aliphatic rings. The average molecular weight is 476 g/mol. The van der Waals surface area contributed by atoms with Crippen LogP contribution in [0.4, 0.5) is 10.1 Å². The van der Waals surface area contributed by atoms with Crippen LogP contribution in [0.3, 0.4) is 0 Å². The fraction of sp³-hybridized carbons (Fsp3) is 0.214. The third-order valence-electron chi connectivity index (χ3n) is 6.21. The molecule has 1 atom stereocenters. The molecular formula is C28H26FNO5. The molecule has 0 aromatic heterocycles. The van der Waals surface area contributed by atoms with Crippen LogP contribution in [0.5, 0.6) is 11.5 Å². The van der Waals surface area contributed by atoms with Crippen molar-refractivity contribution in [1.29, 1.82) is 0 Å². The number of anilines is 1. The van der Waals surface area contributed by atoms with E-state index in [-0.39, 0.29) is 23.0 Å². The van der Waals surface area contributed by atoms with Gasteiger partial charge >= 0.3 is 0 Å². The molecule has 0 saturated carbocycles. The van der Waals surface area contributed by atoms with Crippen LogP contribution >= 0.6 is 0 Å². The van der Waals surface area contributed by atoms with Crippen molar-refractivity contribution in [2.75, 3.05) is 12.0 Å². The van der Waals surface area contributed by atoms with E-state index in [1.807, 2.05) is 13.8 Å². The molecule has 2 N–H and O–H groups in total. The smallest absolute Gasteiger partial charge is 0.300 e. The van der Waals surface area contributed by atoms with Crippen LogP contribution in [0, 0.1) is 12.7 Å². The number of benzene rings is 3. The van der Waals surface area contributed by atoms with Gasteiger partial charge in [-0.25, -0.2) is 4.39 Å². The zero-order valence-corrected chi connectivity index (χ0v) is 19.9. The minimum atomic E-state index is -0.981. The van der Waals surface area contributed by atoms with Gasteiger partial charge in [-0.1, -0.05) is 26.0 Å². The number of rotatable bonds is 5. The summed E-state index contributed by atoms with van der Waals surface area (Å²) in [5.74, 6) is -1.74. The SMILES string of the molecule is COc1cc(C)c(/C(O)=C2\C(=O)C(=O)N(c3ccc(F)cc3)C2c2ccc(O)cc2)cc1C(C)C. The fourth-order valence-corrected chi connectivity index (χ4v) is 4.40. The molecule has 1 aliphatic heterocycles. The van der Waals surface area contributed by atoms with Crippen molar-refractivity contribution in [2.24, 2.45) is 0 Å². The first-order valence-electron chi connectivity index (χ1n) is 11.2. The minimum Gasteiger partial charge on any atom is -0.508 e. The molecule has 4 rings (SSSR count). The van der Waals surface area contributed by atoms with E-state index in [9.17, 15) is 24.2 Å². The highest BCUT2D eigenvalue weighted by Crippen LogP contribution is 2.43. The molecule has 1 fully saturated rings. The molecular weight excluding hydrogens is 449 g/mol. The van der Waals surface area contributed by atoms with Gasteiger partial charge in [0.15, 0.2) is 0 Å². The molecule has 1 heterocycles. The van der Waals surface area contributed by atoms with Crippen LogP contribution in [0.25, 0.3) is 5.76 Å². The van der Waals surface area contributed by atoms with Gasteiger partial charge in [0, 0.05) is 11.3 Å². The van der Waals surface area contributed by atoms with Crippen molar-refractivity contribution < 1.29 is 28.9 Å². The number of carbonyl (C=O) groups is 2. The number of ether oxygens (including phenoxy) is 1. The monoisotopic (exact) mass is 475 g/mol. The Morgan fingerprint density at radius 1 is 1.03 bits per heavy atom. The number of methoxy groups -OCH3 is 1. The zero-order valence-electron chi connectivity index (χ0n) is 19.9. The molecule has 1 amide bonds. The number of ketones is 1. The molecule has 35 heavy (non-hydrogen) atoms. The van der Waals surface area contributed by atoms with Gasteiger partial charge in [-0.15, -0.1) is 0 Å². The zero-order chi connectivity index (χ0) is 25.4. The van der Waals surface area contributed by atoms with Crippen LogP contribution < -0.4 is 9.64 Å². The van der Waals surface area contributed by atoms with Crippen LogP contribution in [0.2, 0.25) is 0 Å². The number of aryl methyl sites for hydroxylation is 1. The van der Waals surface area contributed by atoms with Crippen molar-refractivity contribution in [2.45, 2.75) is 32.7 Å². The standard InChI is InChI=1S/C28H26FNO5/c1-15(2)21-14-22(16(3)13-23(21)35-4)26(32)24-25(17-5-11-20(31)12-6-17)30(28(34)27(24)33)19-9-7-18(29)8-10-19/h5-15,25,31-32H,1-4H3/b26-24+. The lowest BCUT2D eigenvalue weighted by Crippen LogP contribution is -2.29. The predicted molar refractivity (Wildman–Crippen MR) is 131 cm³/mol. The molecule has 0 radical (unpaired) electrons. The molecule has 0 aliphatic carbocycles. The van der Waals surface area contributed by atoms with E-state index in [1.165, 1.54) is 41.3 Å². The number of hydrogen-bond acceptors (Lipinski definition) is 5. The molecule has 180 valence electrons. The number of aromatic hydroxyl groups is 1. The van der Waals surface area contributed by atoms with E-state index in [1.54, 1.807) is 38.3 Å². The van der Waals surface area contributed by atoms with Crippen molar-refractivity contribution in [3.8, 4) is 11.5 Å². The van der Waals surface area contributed by atoms with Gasteiger partial charge in [0.25, 0.3) is 11.7 Å². The van der Waals surface area contributed by atoms with E-state index < -0.39 is 23.5 Å². The maximum absolute atomic E-state index is 13.6. The second-order valence-electron chi connectivity index (χ2n) is 8.80. The fourth-order valence-electron chi connectivity index (χ4n) is 4.40. The quantitative estimate of drug-likeness (QED) is 0.285. The van der Waals surface area contributed by atoms with Crippen molar-refractivity contribution in [1.82, 2.24) is 0 Å². The number of hydrogen-bond donors (Lipinski definition) is 2. The molecule has 3 aromatic rings. The first kappa shape index (κ1) is 24.0. The van der Waals surface area contributed by atoms with E-state index in [0.29, 0.717) is 28.1 Å². The summed E-state index contributed by atoms with van der Waals surface area (Å²) in [6.07, 6.45) is 0. The Hall–Kier alpha value is -4.13. The largest absolute Gasteiger partial charge is 0.508 e. The average Bonchev–Trinajstić information content (AvgIpc) is 3.09. The molecule has 6 nitrogen and oxygen atoms in total. The Kier molecular flexibility index (Phi) is 6.35. The van der Waals surface area contributed by atoms with Crippen LogP contribution in [-0.4, -0.2) is 29.0 Å². The van der Waals surface area contributed by atoms with Gasteiger partial charge in [-0.2, -0.15) is 0 Å². The van der Waals surface area contributed by atoms with Crippen LogP contribution in [0.1, 0.15) is 48.1 Å². The number of nitrogens with zero attached hydrogens (tertiary/aromatic N) is 1.